The highest BCUT2D eigenvalue weighted by molar-refractivity contribution is 14.2. The molecule has 0 fully saturated rings. The highest BCUT2D eigenvalue weighted by Gasteiger charge is 1.99. The summed E-state index contributed by atoms with van der Waals surface area (Å²) in [4.78, 5) is 0. The molecule has 0 radical (unpaired) electrons. The monoisotopic (exact) mass is 226 g/mol. The van der Waals surface area contributed by atoms with Gasteiger partial charge in [0.1, 0.15) is 0 Å². The maximum absolute atomic E-state index is 6.87. The molecule has 0 aliphatic rings. The van der Waals surface area contributed by atoms with Gasteiger partial charge in [-0.3, -0.25) is 3.56 Å². The Morgan fingerprint density at radius 3 is 2.62 bits per heavy atom. The van der Waals surface area contributed by atoms with Crippen molar-refractivity contribution in [2.24, 2.45) is 0 Å². The second-order valence-electron chi connectivity index (χ2n) is 1.03. The topological polar surface area (TPSA) is 88.8 Å². The molecule has 8 heavy (non-hydrogen) atoms. The molecular weight excluding hydrogens is 223 g/mol. The number of rotatable bonds is 1. The molecule has 44 valence electrons. The van der Waals surface area contributed by atoms with Crippen LogP contribution in [0.2, 0.25) is 0 Å². The molecule has 0 aromatic carbocycles. The summed E-state index contributed by atoms with van der Waals surface area (Å²) in [6.07, 6.45) is 0. The van der Waals surface area contributed by atoms with E-state index in [1.807, 2.05) is 0 Å². The van der Waals surface area contributed by atoms with E-state index in [4.69, 9.17) is 9.30 Å². The summed E-state index contributed by atoms with van der Waals surface area (Å²) < 4.78 is 11.6. The molecule has 0 atom stereocenters. The van der Waals surface area contributed by atoms with Gasteiger partial charge >= 0.3 is 0 Å². The SMILES string of the molecule is N=Ic1nonc1N. The maximum Gasteiger partial charge on any atom is 0.203 e. The van der Waals surface area contributed by atoms with E-state index in [1.165, 1.54) is 0 Å². The summed E-state index contributed by atoms with van der Waals surface area (Å²) in [5.74, 6) is 0.257. The van der Waals surface area contributed by atoms with Gasteiger partial charge in [0.05, 0.1) is 21.0 Å². The second kappa shape index (κ2) is 2.16. The predicted molar refractivity (Wildman–Crippen MR) is 34.1 cm³/mol. The lowest BCUT2D eigenvalue weighted by Gasteiger charge is -1.73. The first kappa shape index (κ1) is 5.60. The van der Waals surface area contributed by atoms with E-state index in [-0.39, 0.29) is 5.82 Å². The third kappa shape index (κ3) is 0.831. The smallest absolute Gasteiger partial charge is 0.203 e. The van der Waals surface area contributed by atoms with Crippen molar-refractivity contribution >= 4 is 26.9 Å². The van der Waals surface area contributed by atoms with E-state index < -0.39 is 21.0 Å². The second-order valence-corrected chi connectivity index (χ2v) is 2.60. The van der Waals surface area contributed by atoms with E-state index in [2.05, 4.69) is 14.9 Å². The van der Waals surface area contributed by atoms with Crippen LogP contribution in [0.4, 0.5) is 5.82 Å². The highest BCUT2D eigenvalue weighted by atomic mass is 127. The van der Waals surface area contributed by atoms with Crippen LogP contribution in [-0.2, 0) is 0 Å². The van der Waals surface area contributed by atoms with Crippen molar-refractivity contribution in [1.82, 2.24) is 10.3 Å². The number of anilines is 1. The summed E-state index contributed by atoms with van der Waals surface area (Å²) in [6.45, 7) is 0. The van der Waals surface area contributed by atoms with Crippen LogP contribution in [0.15, 0.2) is 4.63 Å². The van der Waals surface area contributed by atoms with Crippen LogP contribution >= 0.6 is 21.0 Å². The Balaban J connectivity index is 3.09. The fraction of sp³-hybridized carbons (Fsp3) is 0. The van der Waals surface area contributed by atoms with Gasteiger partial charge in [0.15, 0.2) is 0 Å². The number of nitrogens with zero attached hydrogens (tertiary/aromatic N) is 2. The van der Waals surface area contributed by atoms with Crippen LogP contribution < -0.4 is 5.73 Å². The molecular formula is C2H3IN4O. The van der Waals surface area contributed by atoms with Gasteiger partial charge in [0, 0.05) is 0 Å². The Hall–Kier alpha value is -0.530. The van der Waals surface area contributed by atoms with Gasteiger partial charge in [-0.25, -0.2) is 4.63 Å². The first-order valence-corrected chi connectivity index (χ1v) is 3.89. The summed E-state index contributed by atoms with van der Waals surface area (Å²) in [5, 5.41) is 6.67. The van der Waals surface area contributed by atoms with Gasteiger partial charge in [-0.05, 0) is 10.3 Å². The van der Waals surface area contributed by atoms with E-state index in [0.717, 1.165) is 0 Å². The van der Waals surface area contributed by atoms with Crippen molar-refractivity contribution in [2.45, 2.75) is 0 Å². The molecule has 1 rings (SSSR count). The molecule has 0 aliphatic heterocycles. The Morgan fingerprint density at radius 2 is 2.38 bits per heavy atom. The lowest BCUT2D eigenvalue weighted by atomic mass is 10.8. The molecule has 0 aliphatic carbocycles. The summed E-state index contributed by atoms with van der Waals surface area (Å²) >= 11 is -0.817. The van der Waals surface area contributed by atoms with Gasteiger partial charge in [0.25, 0.3) is 0 Å². The molecule has 3 N–H and O–H groups in total. The molecule has 5 nitrogen and oxygen atoms in total. The summed E-state index contributed by atoms with van der Waals surface area (Å²) in [7, 11) is 0. The minimum atomic E-state index is -0.817. The maximum atomic E-state index is 6.87. The molecule has 0 bridgehead atoms. The largest absolute Gasteiger partial charge is 0.379 e. The van der Waals surface area contributed by atoms with Crippen molar-refractivity contribution in [3.63, 3.8) is 0 Å². The lowest BCUT2D eigenvalue weighted by Crippen LogP contribution is -1.85. The van der Waals surface area contributed by atoms with E-state index in [9.17, 15) is 0 Å². The van der Waals surface area contributed by atoms with Crippen molar-refractivity contribution in [3.05, 3.63) is 3.70 Å². The number of hydrogen-bond acceptors (Lipinski definition) is 5. The van der Waals surface area contributed by atoms with Crippen molar-refractivity contribution in [2.75, 3.05) is 5.73 Å². The van der Waals surface area contributed by atoms with Gasteiger partial charge in [0.2, 0.25) is 9.52 Å². The van der Waals surface area contributed by atoms with Crippen LogP contribution in [0.3, 0.4) is 0 Å². The van der Waals surface area contributed by atoms with Gasteiger partial charge in [-0.2, -0.15) is 0 Å². The standard InChI is InChI=1S/C2H3IN4O/c4-2-1(3-5)6-8-7-2/h5H,(H2,4,7). The third-order valence-electron chi connectivity index (χ3n) is 0.561. The van der Waals surface area contributed by atoms with E-state index >= 15 is 0 Å². The fourth-order valence-corrected chi connectivity index (χ4v) is 0.812. The number of nitrogen functional groups attached to an aromatic ring is 1. The zero-order valence-corrected chi connectivity index (χ0v) is 5.92. The highest BCUT2D eigenvalue weighted by Crippen LogP contribution is 2.11. The lowest BCUT2D eigenvalue weighted by molar-refractivity contribution is 0.306. The molecule has 1 heterocycles. The van der Waals surface area contributed by atoms with Crippen molar-refractivity contribution < 1.29 is 4.63 Å². The van der Waals surface area contributed by atoms with Crippen molar-refractivity contribution in [3.8, 4) is 0 Å². The normalized spacial score (nSPS) is 9.50. The third-order valence-corrected chi connectivity index (χ3v) is 1.82. The minimum Gasteiger partial charge on any atom is -0.379 e. The predicted octanol–water partition coefficient (Wildman–Crippen LogP) is 0.554. The van der Waals surface area contributed by atoms with Crippen LogP contribution in [0.25, 0.3) is 0 Å². The summed E-state index contributed by atoms with van der Waals surface area (Å²) in [5.41, 5.74) is 5.19. The van der Waals surface area contributed by atoms with Crippen LogP contribution in [0.1, 0.15) is 0 Å². The van der Waals surface area contributed by atoms with E-state index in [1.54, 1.807) is 0 Å². The minimum absolute atomic E-state index is 0.257. The van der Waals surface area contributed by atoms with Gasteiger partial charge in [-0.15, -0.1) is 0 Å². The Bertz CT molecular complexity index is 196. The number of nitrogens with one attached hydrogen (secondary N) is 1. The number of aromatic nitrogens is 2. The fourth-order valence-electron chi connectivity index (χ4n) is 0.250. The molecule has 0 amide bonds. The van der Waals surface area contributed by atoms with Crippen LogP contribution in [-0.4, -0.2) is 10.3 Å². The van der Waals surface area contributed by atoms with E-state index in [0.29, 0.717) is 3.70 Å². The quantitative estimate of drug-likeness (QED) is 0.684. The molecule has 0 saturated carbocycles. The first-order chi connectivity index (χ1) is 3.84. The summed E-state index contributed by atoms with van der Waals surface area (Å²) in [6, 6.07) is 0. The molecule has 0 unspecified atom stereocenters. The first-order valence-electron chi connectivity index (χ1n) is 1.73. The number of nitrogens with two attached hydrogens (primary N) is 1. The average molecular weight is 226 g/mol. The molecule has 1 aromatic heterocycles. The zero-order chi connectivity index (χ0) is 5.98. The number of halogens is 1. The van der Waals surface area contributed by atoms with Crippen molar-refractivity contribution in [1.29, 1.82) is 3.56 Å². The molecule has 1 aromatic rings. The molecule has 0 spiro atoms. The Morgan fingerprint density at radius 1 is 1.62 bits per heavy atom. The Labute approximate surface area is 55.2 Å². The number of hydrogen-bond donors (Lipinski definition) is 2. The van der Waals surface area contributed by atoms with Gasteiger partial charge in [-0.1, -0.05) is 0 Å². The van der Waals surface area contributed by atoms with Crippen LogP contribution in [0.5, 0.6) is 0 Å². The van der Waals surface area contributed by atoms with Gasteiger partial charge < -0.3 is 5.73 Å². The average Bonchev–Trinajstić information content (AvgIpc) is 2.14. The van der Waals surface area contributed by atoms with Crippen LogP contribution in [0, 0.1) is 7.26 Å². The molecule has 6 heteroatoms. The Kier molecular flexibility index (Phi) is 1.51. The zero-order valence-electron chi connectivity index (χ0n) is 3.76. The molecule has 0 saturated heterocycles.